The van der Waals surface area contributed by atoms with Gasteiger partial charge in [0.25, 0.3) is 0 Å². The van der Waals surface area contributed by atoms with Crippen molar-refractivity contribution in [1.82, 2.24) is 0 Å². The summed E-state index contributed by atoms with van der Waals surface area (Å²) in [6.07, 6.45) is -4.38. The van der Waals surface area contributed by atoms with Gasteiger partial charge in [-0.15, -0.1) is 0 Å². The molecule has 0 spiro atoms. The summed E-state index contributed by atoms with van der Waals surface area (Å²) in [5.41, 5.74) is -0.353. The Balaban J connectivity index is 1.98. The summed E-state index contributed by atoms with van der Waals surface area (Å²) in [5, 5.41) is 0. The van der Waals surface area contributed by atoms with E-state index in [-0.39, 0.29) is 38.4 Å². The van der Waals surface area contributed by atoms with Crippen LogP contribution in [0.15, 0.2) is 54.6 Å². The smallest absolute Gasteiger partial charge is 0.416 e. The van der Waals surface area contributed by atoms with E-state index in [1.807, 2.05) is 0 Å². The minimum atomic E-state index is -4.47. The van der Waals surface area contributed by atoms with E-state index in [2.05, 4.69) is 0 Å². The van der Waals surface area contributed by atoms with Gasteiger partial charge in [-0.3, -0.25) is 9.36 Å². The van der Waals surface area contributed by atoms with E-state index in [0.29, 0.717) is 5.56 Å². The summed E-state index contributed by atoms with van der Waals surface area (Å²) < 4.78 is 73.0. The summed E-state index contributed by atoms with van der Waals surface area (Å²) in [6.45, 7) is 3.51. The summed E-state index contributed by atoms with van der Waals surface area (Å²) >= 11 is 0. The summed E-state index contributed by atoms with van der Waals surface area (Å²) in [6, 6.07) is 13.0. The number of benzene rings is 2. The molecule has 10 heteroatoms. The highest BCUT2D eigenvalue weighted by Gasteiger charge is 2.40. The Bertz CT molecular complexity index is 894. The molecule has 176 valence electrons. The first-order valence-electron chi connectivity index (χ1n) is 10.1. The molecule has 0 aliphatic rings. The van der Waals surface area contributed by atoms with Crippen LogP contribution in [0.4, 0.5) is 13.2 Å². The molecule has 0 bridgehead atoms. The van der Waals surface area contributed by atoms with Gasteiger partial charge in [-0.1, -0.05) is 36.4 Å². The molecule has 1 unspecified atom stereocenters. The molecule has 0 radical (unpaired) electrons. The Labute approximate surface area is 185 Å². The summed E-state index contributed by atoms with van der Waals surface area (Å²) in [5.74, 6) is -1.85. The molecular weight excluding hydrogens is 448 g/mol. The molecule has 0 aliphatic carbocycles. The number of halogens is 3. The van der Waals surface area contributed by atoms with Crippen LogP contribution in [-0.4, -0.2) is 25.8 Å². The van der Waals surface area contributed by atoms with Crippen molar-refractivity contribution in [3.8, 4) is 5.75 Å². The third-order valence-electron chi connectivity index (χ3n) is 4.19. The van der Waals surface area contributed by atoms with E-state index in [1.165, 1.54) is 12.1 Å². The number of carbonyl (C=O) groups excluding carboxylic acids is 1. The molecule has 0 fully saturated rings. The molecule has 0 aromatic heterocycles. The van der Waals surface area contributed by atoms with Crippen LogP contribution < -0.4 is 4.74 Å². The maximum absolute atomic E-state index is 13.2. The minimum Gasteiger partial charge on any atom is -0.494 e. The number of ether oxygens (including phenoxy) is 2. The van der Waals surface area contributed by atoms with Crippen molar-refractivity contribution >= 4 is 13.6 Å². The van der Waals surface area contributed by atoms with E-state index in [0.717, 1.165) is 12.1 Å². The third-order valence-corrected chi connectivity index (χ3v) is 6.40. The normalized spacial score (nSPS) is 12.9. The molecule has 0 aliphatic heterocycles. The van der Waals surface area contributed by atoms with Crippen molar-refractivity contribution in [3.63, 3.8) is 0 Å². The SMILES string of the molecule is CCOP(=O)(OCC)C(OC(=O)CCCOc1cccc(C(F)(F)F)c1)c1ccccc1. The maximum atomic E-state index is 13.2. The van der Waals surface area contributed by atoms with Crippen molar-refractivity contribution in [1.29, 1.82) is 0 Å². The van der Waals surface area contributed by atoms with Gasteiger partial charge >= 0.3 is 19.7 Å². The predicted molar refractivity (Wildman–Crippen MR) is 112 cm³/mol. The zero-order valence-electron chi connectivity index (χ0n) is 17.8. The van der Waals surface area contributed by atoms with Gasteiger partial charge in [0, 0.05) is 12.0 Å². The second kappa shape index (κ2) is 12.0. The molecular formula is C22H26F3O6P. The second-order valence-electron chi connectivity index (χ2n) is 6.61. The molecule has 2 aromatic carbocycles. The van der Waals surface area contributed by atoms with Crippen LogP contribution in [0.1, 0.15) is 43.7 Å². The molecule has 2 aromatic rings. The molecule has 0 N–H and O–H groups in total. The Morgan fingerprint density at radius 1 is 1.00 bits per heavy atom. The number of esters is 1. The highest BCUT2D eigenvalue weighted by atomic mass is 31.2. The topological polar surface area (TPSA) is 71.1 Å². The van der Waals surface area contributed by atoms with E-state index in [4.69, 9.17) is 18.5 Å². The van der Waals surface area contributed by atoms with Crippen LogP contribution in [0, 0.1) is 0 Å². The fourth-order valence-electron chi connectivity index (χ4n) is 2.82. The van der Waals surface area contributed by atoms with Crippen molar-refractivity contribution in [2.45, 2.75) is 38.7 Å². The molecule has 0 amide bonds. The first kappa shape index (κ1) is 25.9. The van der Waals surface area contributed by atoms with Crippen molar-refractivity contribution in [3.05, 3.63) is 65.7 Å². The zero-order chi connectivity index (χ0) is 23.6. The first-order chi connectivity index (χ1) is 15.2. The van der Waals surface area contributed by atoms with Gasteiger partial charge in [0.1, 0.15) is 5.75 Å². The van der Waals surface area contributed by atoms with Gasteiger partial charge in [0.15, 0.2) is 0 Å². The van der Waals surface area contributed by atoms with Crippen molar-refractivity contribution < 1.29 is 41.1 Å². The standard InChI is InChI=1S/C22H26F3O6P/c1-3-29-32(27,30-4-2)21(17-10-6-5-7-11-17)31-20(26)14-9-15-28-19-13-8-12-18(16-19)22(23,24)25/h5-8,10-13,16,21H,3-4,9,14-15H2,1-2H3. The minimum absolute atomic E-state index is 0.000987. The van der Waals surface area contributed by atoms with E-state index in [1.54, 1.807) is 44.2 Å². The fourth-order valence-corrected chi connectivity index (χ4v) is 4.67. The third kappa shape index (κ3) is 7.65. The Morgan fingerprint density at radius 2 is 1.66 bits per heavy atom. The number of alkyl halides is 3. The molecule has 0 saturated heterocycles. The number of carbonyl (C=O) groups is 1. The van der Waals surface area contributed by atoms with Crippen LogP contribution in [0.3, 0.4) is 0 Å². The molecule has 32 heavy (non-hydrogen) atoms. The molecule has 0 heterocycles. The van der Waals surface area contributed by atoms with Crippen LogP contribution in [0.25, 0.3) is 0 Å². The Morgan fingerprint density at radius 3 is 2.25 bits per heavy atom. The Kier molecular flexibility index (Phi) is 9.75. The predicted octanol–water partition coefficient (Wildman–Crippen LogP) is 6.37. The first-order valence-corrected chi connectivity index (χ1v) is 11.7. The van der Waals surface area contributed by atoms with Crippen LogP contribution in [0.2, 0.25) is 0 Å². The highest BCUT2D eigenvalue weighted by Crippen LogP contribution is 2.61. The lowest BCUT2D eigenvalue weighted by Gasteiger charge is -2.26. The lowest BCUT2D eigenvalue weighted by atomic mass is 10.2. The van der Waals surface area contributed by atoms with Gasteiger partial charge in [-0.2, -0.15) is 13.2 Å². The van der Waals surface area contributed by atoms with Gasteiger partial charge in [0.2, 0.25) is 5.85 Å². The van der Waals surface area contributed by atoms with E-state index >= 15 is 0 Å². The number of hydrogen-bond donors (Lipinski definition) is 0. The average molecular weight is 474 g/mol. The monoisotopic (exact) mass is 474 g/mol. The largest absolute Gasteiger partial charge is 0.494 e. The van der Waals surface area contributed by atoms with Crippen LogP contribution in [0.5, 0.6) is 5.75 Å². The van der Waals surface area contributed by atoms with Crippen LogP contribution >= 0.6 is 7.60 Å². The lowest BCUT2D eigenvalue weighted by Crippen LogP contribution is -2.15. The Hall–Kier alpha value is -2.35. The molecule has 6 nitrogen and oxygen atoms in total. The van der Waals surface area contributed by atoms with Crippen LogP contribution in [-0.2, 0) is 29.3 Å². The van der Waals surface area contributed by atoms with E-state index < -0.39 is 31.1 Å². The van der Waals surface area contributed by atoms with E-state index in [9.17, 15) is 22.5 Å². The molecule has 2 rings (SSSR count). The molecule has 1 atom stereocenters. The lowest BCUT2D eigenvalue weighted by molar-refractivity contribution is -0.147. The zero-order valence-corrected chi connectivity index (χ0v) is 18.7. The fraction of sp³-hybridized carbons (Fsp3) is 0.409. The maximum Gasteiger partial charge on any atom is 0.416 e. The van der Waals surface area contributed by atoms with Crippen molar-refractivity contribution in [2.24, 2.45) is 0 Å². The van der Waals surface area contributed by atoms with Crippen molar-refractivity contribution in [2.75, 3.05) is 19.8 Å². The van der Waals surface area contributed by atoms with Gasteiger partial charge in [-0.25, -0.2) is 0 Å². The summed E-state index contributed by atoms with van der Waals surface area (Å²) in [7, 11) is -3.79. The molecule has 0 saturated carbocycles. The number of rotatable bonds is 12. The van der Waals surface area contributed by atoms with Gasteiger partial charge < -0.3 is 18.5 Å². The van der Waals surface area contributed by atoms with Gasteiger partial charge in [0.05, 0.1) is 25.4 Å². The summed E-state index contributed by atoms with van der Waals surface area (Å²) in [4.78, 5) is 12.4. The average Bonchev–Trinajstić information content (AvgIpc) is 2.75. The highest BCUT2D eigenvalue weighted by molar-refractivity contribution is 7.54. The number of hydrogen-bond acceptors (Lipinski definition) is 6. The second-order valence-corrected chi connectivity index (χ2v) is 8.67. The van der Waals surface area contributed by atoms with Gasteiger partial charge in [-0.05, 0) is 38.5 Å². The quantitative estimate of drug-likeness (QED) is 0.202.